The van der Waals surface area contributed by atoms with E-state index in [2.05, 4.69) is 27.7 Å². The number of benzene rings is 2. The van der Waals surface area contributed by atoms with E-state index in [1.54, 1.807) is 18.3 Å². The molecule has 0 radical (unpaired) electrons. The molecule has 126 valence electrons. The van der Waals surface area contributed by atoms with Crippen molar-refractivity contribution in [3.63, 3.8) is 0 Å². The van der Waals surface area contributed by atoms with Gasteiger partial charge >= 0.3 is 5.97 Å². The zero-order chi connectivity index (χ0) is 17.4. The SMILES string of the molecule is COc1cc(/C=N/OCc2ccccc2)cc(I)c1OCC(=O)O. The summed E-state index contributed by atoms with van der Waals surface area (Å²) in [5.41, 5.74) is 1.78. The molecular formula is C17H16INO5. The van der Waals surface area contributed by atoms with Crippen LogP contribution in [0.2, 0.25) is 0 Å². The fourth-order valence-electron chi connectivity index (χ4n) is 1.87. The molecule has 6 nitrogen and oxygen atoms in total. The van der Waals surface area contributed by atoms with Gasteiger partial charge in [0.2, 0.25) is 0 Å². The molecule has 0 unspecified atom stereocenters. The van der Waals surface area contributed by atoms with Crippen LogP contribution in [0, 0.1) is 3.57 Å². The van der Waals surface area contributed by atoms with Crippen molar-refractivity contribution in [1.29, 1.82) is 0 Å². The summed E-state index contributed by atoms with van der Waals surface area (Å²) < 4.78 is 11.2. The molecule has 2 aromatic carbocycles. The third-order valence-corrected chi connectivity index (χ3v) is 3.74. The number of oxime groups is 1. The minimum Gasteiger partial charge on any atom is -0.493 e. The summed E-state index contributed by atoms with van der Waals surface area (Å²) in [6.07, 6.45) is 1.56. The molecule has 0 aliphatic carbocycles. The van der Waals surface area contributed by atoms with E-state index in [1.165, 1.54) is 7.11 Å². The first-order valence-corrected chi connectivity index (χ1v) is 8.09. The lowest BCUT2D eigenvalue weighted by atomic mass is 10.2. The number of ether oxygens (including phenoxy) is 2. The number of aliphatic carboxylic acids is 1. The number of hydrogen-bond donors (Lipinski definition) is 1. The van der Waals surface area contributed by atoms with E-state index < -0.39 is 12.6 Å². The van der Waals surface area contributed by atoms with E-state index in [1.807, 2.05) is 30.3 Å². The van der Waals surface area contributed by atoms with Crippen LogP contribution < -0.4 is 9.47 Å². The molecule has 0 atom stereocenters. The first kappa shape index (κ1) is 18.1. The van der Waals surface area contributed by atoms with Gasteiger partial charge in [0.25, 0.3) is 0 Å². The summed E-state index contributed by atoms with van der Waals surface area (Å²) >= 11 is 2.05. The molecule has 2 aromatic rings. The Labute approximate surface area is 153 Å². The van der Waals surface area contributed by atoms with Gasteiger partial charge in [0.05, 0.1) is 16.9 Å². The normalized spacial score (nSPS) is 10.6. The molecule has 0 heterocycles. The lowest BCUT2D eigenvalue weighted by Crippen LogP contribution is -2.11. The highest BCUT2D eigenvalue weighted by molar-refractivity contribution is 14.1. The van der Waals surface area contributed by atoms with Gasteiger partial charge in [-0.25, -0.2) is 4.79 Å². The van der Waals surface area contributed by atoms with Crippen LogP contribution in [0.25, 0.3) is 0 Å². The number of methoxy groups -OCH3 is 1. The van der Waals surface area contributed by atoms with Crippen LogP contribution in [0.3, 0.4) is 0 Å². The van der Waals surface area contributed by atoms with Crippen LogP contribution in [-0.2, 0) is 16.2 Å². The van der Waals surface area contributed by atoms with Gasteiger partial charge in [-0.3, -0.25) is 0 Å². The number of hydrogen-bond acceptors (Lipinski definition) is 5. The van der Waals surface area contributed by atoms with Crippen molar-refractivity contribution < 1.29 is 24.2 Å². The Morgan fingerprint density at radius 3 is 2.71 bits per heavy atom. The van der Waals surface area contributed by atoms with E-state index >= 15 is 0 Å². The van der Waals surface area contributed by atoms with Crippen molar-refractivity contribution in [1.82, 2.24) is 0 Å². The van der Waals surface area contributed by atoms with Crippen LogP contribution >= 0.6 is 22.6 Å². The molecule has 24 heavy (non-hydrogen) atoms. The van der Waals surface area contributed by atoms with Gasteiger partial charge in [0, 0.05) is 5.56 Å². The van der Waals surface area contributed by atoms with E-state index in [0.29, 0.717) is 18.1 Å². The summed E-state index contributed by atoms with van der Waals surface area (Å²) in [7, 11) is 1.49. The van der Waals surface area contributed by atoms with E-state index in [-0.39, 0.29) is 0 Å². The number of rotatable bonds is 8. The highest BCUT2D eigenvalue weighted by atomic mass is 127. The van der Waals surface area contributed by atoms with Crippen molar-refractivity contribution in [2.75, 3.05) is 13.7 Å². The summed E-state index contributed by atoms with van der Waals surface area (Å²) in [6, 6.07) is 13.2. The molecule has 0 spiro atoms. The zero-order valence-corrected chi connectivity index (χ0v) is 15.1. The summed E-state index contributed by atoms with van der Waals surface area (Å²) in [5.74, 6) is -0.219. The molecule has 0 aromatic heterocycles. The van der Waals surface area contributed by atoms with Crippen LogP contribution in [0.1, 0.15) is 11.1 Å². The van der Waals surface area contributed by atoms with Crippen molar-refractivity contribution >= 4 is 34.8 Å². The van der Waals surface area contributed by atoms with Crippen molar-refractivity contribution in [3.8, 4) is 11.5 Å². The molecule has 0 saturated heterocycles. The maximum absolute atomic E-state index is 10.6. The number of carboxylic acid groups (broad SMARTS) is 1. The summed E-state index contributed by atoms with van der Waals surface area (Å²) in [5, 5.41) is 12.7. The average Bonchev–Trinajstić information content (AvgIpc) is 2.58. The zero-order valence-electron chi connectivity index (χ0n) is 12.9. The van der Waals surface area contributed by atoms with Gasteiger partial charge in [-0.15, -0.1) is 0 Å². The van der Waals surface area contributed by atoms with Gasteiger partial charge in [-0.05, 0) is 40.3 Å². The highest BCUT2D eigenvalue weighted by Crippen LogP contribution is 2.33. The minimum atomic E-state index is -1.05. The number of carbonyl (C=O) groups is 1. The predicted octanol–water partition coefficient (Wildman–Crippen LogP) is 3.31. The molecule has 7 heteroatoms. The third-order valence-electron chi connectivity index (χ3n) is 2.94. The molecule has 0 fully saturated rings. The van der Waals surface area contributed by atoms with E-state index in [4.69, 9.17) is 19.4 Å². The molecule has 0 aliphatic heterocycles. The van der Waals surface area contributed by atoms with Crippen molar-refractivity contribution in [3.05, 3.63) is 57.2 Å². The number of halogens is 1. The lowest BCUT2D eigenvalue weighted by molar-refractivity contribution is -0.139. The monoisotopic (exact) mass is 441 g/mol. The van der Waals surface area contributed by atoms with E-state index in [9.17, 15) is 4.79 Å². The van der Waals surface area contributed by atoms with Gasteiger partial charge in [0.15, 0.2) is 18.1 Å². The fourth-order valence-corrected chi connectivity index (χ4v) is 2.65. The minimum absolute atomic E-state index is 0.380. The highest BCUT2D eigenvalue weighted by Gasteiger charge is 2.12. The third kappa shape index (κ3) is 5.41. The molecule has 0 saturated carbocycles. The Kier molecular flexibility index (Phi) is 6.86. The largest absolute Gasteiger partial charge is 0.493 e. The average molecular weight is 441 g/mol. The number of carboxylic acids is 1. The fraction of sp³-hybridized carbons (Fsp3) is 0.176. The lowest BCUT2D eigenvalue weighted by Gasteiger charge is -2.12. The maximum Gasteiger partial charge on any atom is 0.341 e. The molecule has 0 amide bonds. The molecule has 0 aliphatic rings. The van der Waals surface area contributed by atoms with Crippen molar-refractivity contribution in [2.24, 2.45) is 5.16 Å². The van der Waals surface area contributed by atoms with Crippen LogP contribution in [0.4, 0.5) is 0 Å². The van der Waals surface area contributed by atoms with Crippen LogP contribution in [0.5, 0.6) is 11.5 Å². The van der Waals surface area contributed by atoms with Gasteiger partial charge in [-0.1, -0.05) is 35.5 Å². The Morgan fingerprint density at radius 2 is 2.04 bits per heavy atom. The Morgan fingerprint density at radius 1 is 1.29 bits per heavy atom. The molecule has 2 rings (SSSR count). The van der Waals surface area contributed by atoms with Gasteiger partial charge < -0.3 is 19.4 Å². The molecule has 1 N–H and O–H groups in total. The second kappa shape index (κ2) is 9.11. The molecular weight excluding hydrogens is 425 g/mol. The quantitative estimate of drug-likeness (QED) is 0.387. The Balaban J connectivity index is 2.03. The van der Waals surface area contributed by atoms with Crippen LogP contribution in [-0.4, -0.2) is 31.0 Å². The van der Waals surface area contributed by atoms with Crippen molar-refractivity contribution in [2.45, 2.75) is 6.61 Å². The smallest absolute Gasteiger partial charge is 0.341 e. The standard InChI is InChI=1S/C17H16INO5/c1-22-15-8-13(7-14(18)17(15)23-11-16(20)21)9-19-24-10-12-5-3-2-4-6-12/h2-9H,10-11H2,1H3,(H,20,21)/b19-9+. The van der Waals surface area contributed by atoms with Gasteiger partial charge in [-0.2, -0.15) is 0 Å². The van der Waals surface area contributed by atoms with E-state index in [0.717, 1.165) is 14.7 Å². The second-order valence-corrected chi connectivity index (χ2v) is 5.87. The summed E-state index contributed by atoms with van der Waals surface area (Å²) in [4.78, 5) is 15.9. The second-order valence-electron chi connectivity index (χ2n) is 4.71. The first-order valence-electron chi connectivity index (χ1n) is 7.01. The Hall–Kier alpha value is -2.29. The molecule has 0 bridgehead atoms. The topological polar surface area (TPSA) is 77.3 Å². The predicted molar refractivity (Wildman–Crippen MR) is 97.7 cm³/mol. The maximum atomic E-state index is 10.6. The van der Waals surface area contributed by atoms with Gasteiger partial charge in [0.1, 0.15) is 6.61 Å². The number of nitrogens with zero attached hydrogens (tertiary/aromatic N) is 1. The summed E-state index contributed by atoms with van der Waals surface area (Å²) in [6.45, 7) is -0.0502. The Bertz CT molecular complexity index is 718. The van der Waals surface area contributed by atoms with Crippen LogP contribution in [0.15, 0.2) is 47.6 Å². The first-order chi connectivity index (χ1) is 11.6.